The molecule has 98 valence electrons. The lowest BCUT2D eigenvalue weighted by molar-refractivity contribution is -0.896. The molecule has 0 fully saturated rings. The van der Waals surface area contributed by atoms with Crippen LogP contribution in [0.25, 0.3) is 0 Å². The van der Waals surface area contributed by atoms with Gasteiger partial charge in [0, 0.05) is 6.42 Å². The van der Waals surface area contributed by atoms with Gasteiger partial charge in [-0.3, -0.25) is 4.57 Å². The molecule has 0 aliphatic heterocycles. The van der Waals surface area contributed by atoms with Crippen molar-refractivity contribution in [2.24, 2.45) is 0 Å². The largest absolute Gasteiger partial charge is 0.335 e. The van der Waals surface area contributed by atoms with Gasteiger partial charge in [-0.2, -0.15) is 0 Å². The van der Waals surface area contributed by atoms with Gasteiger partial charge in [0.15, 0.2) is 0 Å². The van der Waals surface area contributed by atoms with Crippen molar-refractivity contribution in [3.63, 3.8) is 0 Å². The van der Waals surface area contributed by atoms with E-state index < -0.39 is 7.60 Å². The van der Waals surface area contributed by atoms with Gasteiger partial charge in [0.05, 0.1) is 39.0 Å². The molecule has 0 saturated carbocycles. The summed E-state index contributed by atoms with van der Waals surface area (Å²) in [7, 11) is -2.81. The first-order valence-electron chi connectivity index (χ1n) is 6.33. The van der Waals surface area contributed by atoms with Crippen molar-refractivity contribution in [3.05, 3.63) is 0 Å². The molecule has 0 saturated heterocycles. The highest BCUT2D eigenvalue weighted by molar-refractivity contribution is 7.53. The molecule has 5 heteroatoms. The van der Waals surface area contributed by atoms with E-state index in [4.69, 9.17) is 9.05 Å². The average Bonchev–Trinajstić information content (AvgIpc) is 2.25. The third kappa shape index (κ3) is 6.64. The summed E-state index contributed by atoms with van der Waals surface area (Å²) in [5, 5.41) is 0. The van der Waals surface area contributed by atoms with E-state index in [1.54, 1.807) is 0 Å². The minimum atomic E-state index is -2.81. The predicted molar refractivity (Wildman–Crippen MR) is 67.3 cm³/mol. The van der Waals surface area contributed by atoms with Gasteiger partial charge in [-0.1, -0.05) is 0 Å². The van der Waals surface area contributed by atoms with Crippen molar-refractivity contribution in [3.8, 4) is 0 Å². The second kappa shape index (κ2) is 9.17. The van der Waals surface area contributed by atoms with Crippen molar-refractivity contribution < 1.29 is 18.5 Å². The third-order valence-electron chi connectivity index (χ3n) is 2.61. The Bertz CT molecular complexity index is 197. The highest BCUT2D eigenvalue weighted by Gasteiger charge is 2.23. The van der Waals surface area contributed by atoms with Crippen LogP contribution < -0.4 is 4.90 Å². The minimum Gasteiger partial charge on any atom is -0.335 e. The molecule has 0 aliphatic carbocycles. The molecule has 0 aromatic heterocycles. The Morgan fingerprint density at radius 3 is 1.88 bits per heavy atom. The standard InChI is InChI=1S/C11H26NO3P/c1-5-12(6-2)10-9-11-16(13,14-7-3)15-8-4/h5-11H2,1-4H3/p+1. The summed E-state index contributed by atoms with van der Waals surface area (Å²) in [4.78, 5) is 1.53. The summed E-state index contributed by atoms with van der Waals surface area (Å²) in [5.41, 5.74) is 0. The molecule has 0 aromatic rings. The molecule has 0 heterocycles. The second-order valence-corrected chi connectivity index (χ2v) is 5.92. The van der Waals surface area contributed by atoms with Crippen molar-refractivity contribution in [1.29, 1.82) is 0 Å². The lowest BCUT2D eigenvalue weighted by Crippen LogP contribution is -3.11. The van der Waals surface area contributed by atoms with E-state index in [-0.39, 0.29) is 0 Å². The molecule has 0 bridgehead atoms. The molecule has 0 unspecified atom stereocenters. The summed E-state index contributed by atoms with van der Waals surface area (Å²) in [6.07, 6.45) is 1.44. The molecule has 0 aliphatic rings. The van der Waals surface area contributed by atoms with Gasteiger partial charge in [0.1, 0.15) is 0 Å². The maximum absolute atomic E-state index is 12.1. The molecule has 0 amide bonds. The summed E-state index contributed by atoms with van der Waals surface area (Å²) in [6, 6.07) is 0. The Balaban J connectivity index is 3.97. The van der Waals surface area contributed by atoms with E-state index in [9.17, 15) is 4.57 Å². The van der Waals surface area contributed by atoms with Crippen LogP contribution in [-0.4, -0.2) is 39.0 Å². The van der Waals surface area contributed by atoms with Gasteiger partial charge in [-0.15, -0.1) is 0 Å². The number of hydrogen-bond acceptors (Lipinski definition) is 3. The third-order valence-corrected chi connectivity index (χ3v) is 4.78. The Morgan fingerprint density at radius 2 is 1.50 bits per heavy atom. The summed E-state index contributed by atoms with van der Waals surface area (Å²) in [6.45, 7) is 12.2. The van der Waals surface area contributed by atoms with E-state index in [1.165, 1.54) is 4.90 Å². The molecule has 1 N–H and O–H groups in total. The van der Waals surface area contributed by atoms with Crippen molar-refractivity contribution >= 4 is 7.60 Å². The van der Waals surface area contributed by atoms with Gasteiger partial charge in [-0.25, -0.2) is 0 Å². The normalized spacial score (nSPS) is 12.3. The Kier molecular flexibility index (Phi) is 9.24. The topological polar surface area (TPSA) is 40.0 Å². The Labute approximate surface area is 99.8 Å². The van der Waals surface area contributed by atoms with Crippen LogP contribution >= 0.6 is 7.60 Å². The second-order valence-electron chi connectivity index (χ2n) is 3.73. The quantitative estimate of drug-likeness (QED) is 0.600. The van der Waals surface area contributed by atoms with E-state index in [2.05, 4.69) is 13.8 Å². The molecule has 0 aromatic carbocycles. The first-order valence-corrected chi connectivity index (χ1v) is 8.06. The highest BCUT2D eigenvalue weighted by atomic mass is 31.2. The zero-order valence-electron chi connectivity index (χ0n) is 11.1. The van der Waals surface area contributed by atoms with Crippen molar-refractivity contribution in [2.45, 2.75) is 34.1 Å². The molecule has 0 spiro atoms. The van der Waals surface area contributed by atoms with Gasteiger partial charge in [0.2, 0.25) is 0 Å². The lowest BCUT2D eigenvalue weighted by atomic mass is 10.4. The summed E-state index contributed by atoms with van der Waals surface area (Å²) < 4.78 is 22.6. The monoisotopic (exact) mass is 252 g/mol. The molecular weight excluding hydrogens is 225 g/mol. The molecular formula is C11H27NO3P+. The Morgan fingerprint density at radius 1 is 1.00 bits per heavy atom. The molecule has 0 radical (unpaired) electrons. The summed E-state index contributed by atoms with van der Waals surface area (Å²) >= 11 is 0. The van der Waals surface area contributed by atoms with Crippen LogP contribution in [0.15, 0.2) is 0 Å². The number of rotatable bonds is 10. The maximum Gasteiger partial charge on any atom is 0.330 e. The van der Waals surface area contributed by atoms with E-state index in [0.717, 1.165) is 26.1 Å². The first-order chi connectivity index (χ1) is 7.61. The zero-order valence-corrected chi connectivity index (χ0v) is 12.0. The van der Waals surface area contributed by atoms with E-state index >= 15 is 0 Å². The van der Waals surface area contributed by atoms with Crippen LogP contribution in [0.2, 0.25) is 0 Å². The van der Waals surface area contributed by atoms with E-state index in [1.807, 2.05) is 13.8 Å². The van der Waals surface area contributed by atoms with Crippen LogP contribution in [0.5, 0.6) is 0 Å². The molecule has 16 heavy (non-hydrogen) atoms. The fourth-order valence-corrected chi connectivity index (χ4v) is 3.35. The van der Waals surface area contributed by atoms with Crippen molar-refractivity contribution in [2.75, 3.05) is 39.0 Å². The highest BCUT2D eigenvalue weighted by Crippen LogP contribution is 2.48. The van der Waals surface area contributed by atoms with E-state index in [0.29, 0.717) is 19.4 Å². The molecule has 0 atom stereocenters. The minimum absolute atomic E-state index is 0.454. The van der Waals surface area contributed by atoms with Gasteiger partial charge >= 0.3 is 7.60 Å². The van der Waals surface area contributed by atoms with Crippen LogP contribution in [0.3, 0.4) is 0 Å². The number of nitrogens with one attached hydrogen (secondary N) is 1. The van der Waals surface area contributed by atoms with Gasteiger partial charge < -0.3 is 13.9 Å². The lowest BCUT2D eigenvalue weighted by Gasteiger charge is -2.19. The van der Waals surface area contributed by atoms with Crippen LogP contribution in [0.1, 0.15) is 34.1 Å². The van der Waals surface area contributed by atoms with Crippen LogP contribution in [-0.2, 0) is 13.6 Å². The zero-order chi connectivity index (χ0) is 12.4. The smallest absolute Gasteiger partial charge is 0.330 e. The average molecular weight is 252 g/mol. The first kappa shape index (κ1) is 16.1. The maximum atomic E-state index is 12.1. The van der Waals surface area contributed by atoms with Gasteiger partial charge in [0.25, 0.3) is 0 Å². The number of hydrogen-bond donors (Lipinski definition) is 1. The SMILES string of the molecule is CCOP(=O)(CCC[NH+](CC)CC)OCC. The van der Waals surface area contributed by atoms with Crippen LogP contribution in [0, 0.1) is 0 Å². The number of quaternary nitrogens is 1. The van der Waals surface area contributed by atoms with Crippen molar-refractivity contribution in [1.82, 2.24) is 0 Å². The Hall–Kier alpha value is 0.110. The fourth-order valence-electron chi connectivity index (χ4n) is 1.69. The van der Waals surface area contributed by atoms with Gasteiger partial charge in [-0.05, 0) is 27.7 Å². The summed E-state index contributed by atoms with van der Waals surface area (Å²) in [5.74, 6) is 0. The molecule has 0 rings (SSSR count). The van der Waals surface area contributed by atoms with Crippen LogP contribution in [0.4, 0.5) is 0 Å². The predicted octanol–water partition coefficient (Wildman–Crippen LogP) is 1.57. The molecule has 4 nitrogen and oxygen atoms in total. The fraction of sp³-hybridized carbons (Fsp3) is 1.00.